The predicted molar refractivity (Wildman–Crippen MR) is 75.4 cm³/mol. The van der Waals surface area contributed by atoms with Gasteiger partial charge >= 0.3 is 5.97 Å². The van der Waals surface area contributed by atoms with E-state index < -0.39 is 12.0 Å². The summed E-state index contributed by atoms with van der Waals surface area (Å²) in [5.74, 6) is -1.27. The Kier molecular flexibility index (Phi) is 4.74. The molecule has 5 nitrogen and oxygen atoms in total. The molecule has 1 aromatic rings. The minimum absolute atomic E-state index is 0.235. The highest BCUT2D eigenvalue weighted by atomic mass is 16.4. The second-order valence-electron chi connectivity index (χ2n) is 5.24. The van der Waals surface area contributed by atoms with Crippen LogP contribution in [0.2, 0.25) is 0 Å². The van der Waals surface area contributed by atoms with E-state index in [1.807, 2.05) is 17.9 Å². The summed E-state index contributed by atoms with van der Waals surface area (Å²) in [6.07, 6.45) is 2.21. The molecule has 1 aromatic carbocycles. The topological polar surface area (TPSA) is 69.6 Å². The fourth-order valence-electron chi connectivity index (χ4n) is 2.49. The van der Waals surface area contributed by atoms with E-state index in [0.29, 0.717) is 5.56 Å². The third-order valence-corrected chi connectivity index (χ3v) is 3.49. The smallest absolute Gasteiger partial charge is 0.330 e. The molecule has 0 bridgehead atoms. The summed E-state index contributed by atoms with van der Waals surface area (Å²) in [5.41, 5.74) is 1.58. The number of aliphatic carboxylic acids is 1. The maximum atomic E-state index is 12.0. The number of nitrogens with one attached hydrogen (secondary N) is 1. The van der Waals surface area contributed by atoms with Gasteiger partial charge in [-0.15, -0.1) is 0 Å². The number of hydrogen-bond donors (Lipinski definition) is 2. The van der Waals surface area contributed by atoms with Crippen molar-refractivity contribution in [2.24, 2.45) is 0 Å². The Bertz CT molecular complexity index is 496. The van der Waals surface area contributed by atoms with Crippen LogP contribution in [-0.4, -0.2) is 41.5 Å². The molecule has 108 valence electrons. The lowest BCUT2D eigenvalue weighted by molar-refractivity contribution is -0.142. The third-order valence-electron chi connectivity index (χ3n) is 3.49. The van der Waals surface area contributed by atoms with E-state index in [0.717, 1.165) is 31.5 Å². The molecule has 5 heteroatoms. The van der Waals surface area contributed by atoms with Crippen molar-refractivity contribution in [1.82, 2.24) is 10.2 Å². The number of carbonyl (C=O) groups is 2. The number of carboxylic acid groups (broad SMARTS) is 1. The highest BCUT2D eigenvalue weighted by Gasteiger charge is 2.23. The lowest BCUT2D eigenvalue weighted by Gasteiger charge is -2.18. The van der Waals surface area contributed by atoms with Crippen LogP contribution in [0.15, 0.2) is 24.3 Å². The normalized spacial score (nSPS) is 16.9. The minimum Gasteiger partial charge on any atom is -0.479 e. The standard InChI is InChI=1S/C15H20N2O3/c1-11-5-4-6-12(9-11)14(15(19)20)16-13(18)10-17-7-2-3-8-17/h4-6,9,14H,2-3,7-8,10H2,1H3,(H,16,18)(H,19,20)/t14-/m1/s1. The first-order chi connectivity index (χ1) is 9.56. The zero-order valence-corrected chi connectivity index (χ0v) is 11.6. The van der Waals surface area contributed by atoms with Gasteiger partial charge in [-0.3, -0.25) is 9.69 Å². The first-order valence-electron chi connectivity index (χ1n) is 6.87. The molecule has 0 unspecified atom stereocenters. The monoisotopic (exact) mass is 276 g/mol. The average Bonchev–Trinajstić information content (AvgIpc) is 2.88. The van der Waals surface area contributed by atoms with Gasteiger partial charge in [0.2, 0.25) is 5.91 Å². The quantitative estimate of drug-likeness (QED) is 0.851. The van der Waals surface area contributed by atoms with Crippen LogP contribution in [-0.2, 0) is 9.59 Å². The molecule has 1 aliphatic heterocycles. The number of hydrogen-bond acceptors (Lipinski definition) is 3. The summed E-state index contributed by atoms with van der Waals surface area (Å²) in [6, 6.07) is 6.23. The molecular formula is C15H20N2O3. The Morgan fingerprint density at radius 1 is 1.35 bits per heavy atom. The van der Waals surface area contributed by atoms with Gasteiger partial charge in [0.05, 0.1) is 6.54 Å². The summed E-state index contributed by atoms with van der Waals surface area (Å²) in [5, 5.41) is 11.9. The van der Waals surface area contributed by atoms with Crippen molar-refractivity contribution >= 4 is 11.9 Å². The summed E-state index contributed by atoms with van der Waals surface area (Å²) >= 11 is 0. The second-order valence-corrected chi connectivity index (χ2v) is 5.24. The summed E-state index contributed by atoms with van der Waals surface area (Å²) < 4.78 is 0. The molecule has 2 N–H and O–H groups in total. The molecule has 1 atom stereocenters. The highest BCUT2D eigenvalue weighted by molar-refractivity contribution is 5.85. The molecular weight excluding hydrogens is 256 g/mol. The fraction of sp³-hybridized carbons (Fsp3) is 0.467. The van der Waals surface area contributed by atoms with Crippen LogP contribution in [0.5, 0.6) is 0 Å². The molecule has 2 rings (SSSR count). The van der Waals surface area contributed by atoms with Crippen molar-refractivity contribution in [3.8, 4) is 0 Å². The van der Waals surface area contributed by atoms with Crippen LogP contribution in [0.3, 0.4) is 0 Å². The van der Waals surface area contributed by atoms with Crippen LogP contribution in [0, 0.1) is 6.92 Å². The number of aryl methyl sites for hydroxylation is 1. The first-order valence-corrected chi connectivity index (χ1v) is 6.87. The Labute approximate surface area is 118 Å². The van der Waals surface area contributed by atoms with Gasteiger partial charge in [0.25, 0.3) is 0 Å². The number of rotatable bonds is 5. The molecule has 0 radical (unpaired) electrons. The van der Waals surface area contributed by atoms with Crippen molar-refractivity contribution in [3.05, 3.63) is 35.4 Å². The number of nitrogens with zero attached hydrogens (tertiary/aromatic N) is 1. The number of carboxylic acids is 1. The van der Waals surface area contributed by atoms with Gasteiger partial charge in [0.1, 0.15) is 0 Å². The molecule has 0 aliphatic carbocycles. The Morgan fingerprint density at radius 2 is 2.05 bits per heavy atom. The van der Waals surface area contributed by atoms with Crippen LogP contribution < -0.4 is 5.32 Å². The van der Waals surface area contributed by atoms with E-state index in [-0.39, 0.29) is 12.5 Å². The lowest BCUT2D eigenvalue weighted by atomic mass is 10.0. The molecule has 1 fully saturated rings. The van der Waals surface area contributed by atoms with Gasteiger partial charge in [-0.1, -0.05) is 29.8 Å². The van der Waals surface area contributed by atoms with Crippen molar-refractivity contribution < 1.29 is 14.7 Å². The number of amides is 1. The van der Waals surface area contributed by atoms with Gasteiger partial charge in [-0.25, -0.2) is 4.79 Å². The molecule has 0 spiro atoms. The largest absolute Gasteiger partial charge is 0.479 e. The lowest BCUT2D eigenvalue weighted by Crippen LogP contribution is -2.40. The number of carbonyl (C=O) groups excluding carboxylic acids is 1. The van der Waals surface area contributed by atoms with Gasteiger partial charge < -0.3 is 10.4 Å². The maximum absolute atomic E-state index is 12.0. The average molecular weight is 276 g/mol. The molecule has 0 saturated carbocycles. The number of benzene rings is 1. The van der Waals surface area contributed by atoms with Crippen LogP contribution in [0.4, 0.5) is 0 Å². The van der Waals surface area contributed by atoms with Crippen molar-refractivity contribution in [3.63, 3.8) is 0 Å². The third kappa shape index (κ3) is 3.81. The fourth-order valence-corrected chi connectivity index (χ4v) is 2.49. The van der Waals surface area contributed by atoms with Crippen LogP contribution in [0.1, 0.15) is 30.0 Å². The molecule has 1 saturated heterocycles. The van der Waals surface area contributed by atoms with Gasteiger partial charge in [-0.05, 0) is 38.4 Å². The minimum atomic E-state index is -1.04. The molecule has 0 aromatic heterocycles. The van der Waals surface area contributed by atoms with Gasteiger partial charge in [-0.2, -0.15) is 0 Å². The second kappa shape index (κ2) is 6.52. The summed E-state index contributed by atoms with van der Waals surface area (Å²) in [4.78, 5) is 25.4. The van der Waals surface area contributed by atoms with Gasteiger partial charge in [0.15, 0.2) is 6.04 Å². The van der Waals surface area contributed by atoms with E-state index >= 15 is 0 Å². The van der Waals surface area contributed by atoms with Crippen molar-refractivity contribution in [1.29, 1.82) is 0 Å². The zero-order chi connectivity index (χ0) is 14.5. The molecule has 1 heterocycles. The molecule has 20 heavy (non-hydrogen) atoms. The Hall–Kier alpha value is -1.88. The zero-order valence-electron chi connectivity index (χ0n) is 11.6. The first kappa shape index (κ1) is 14.5. The van der Waals surface area contributed by atoms with Crippen molar-refractivity contribution in [2.45, 2.75) is 25.8 Å². The maximum Gasteiger partial charge on any atom is 0.330 e. The van der Waals surface area contributed by atoms with E-state index in [1.54, 1.807) is 18.2 Å². The van der Waals surface area contributed by atoms with E-state index in [1.165, 1.54) is 0 Å². The predicted octanol–water partition coefficient (Wildman–Crippen LogP) is 1.33. The van der Waals surface area contributed by atoms with E-state index in [4.69, 9.17) is 0 Å². The molecule has 1 amide bonds. The Balaban J connectivity index is 2.02. The van der Waals surface area contributed by atoms with Crippen LogP contribution in [0.25, 0.3) is 0 Å². The van der Waals surface area contributed by atoms with E-state index in [9.17, 15) is 14.7 Å². The SMILES string of the molecule is Cc1cccc([C@@H](NC(=O)CN2CCCC2)C(=O)O)c1. The summed E-state index contributed by atoms with van der Waals surface area (Å²) in [6.45, 7) is 4.00. The van der Waals surface area contributed by atoms with Crippen molar-refractivity contribution in [2.75, 3.05) is 19.6 Å². The van der Waals surface area contributed by atoms with E-state index in [2.05, 4.69) is 5.32 Å². The van der Waals surface area contributed by atoms with Gasteiger partial charge in [0, 0.05) is 0 Å². The summed E-state index contributed by atoms with van der Waals surface area (Å²) in [7, 11) is 0. The Morgan fingerprint density at radius 3 is 2.65 bits per heavy atom. The highest BCUT2D eigenvalue weighted by Crippen LogP contribution is 2.15. The van der Waals surface area contributed by atoms with Crippen LogP contribution >= 0.6 is 0 Å². The number of likely N-dealkylation sites (tertiary alicyclic amines) is 1. The molecule has 1 aliphatic rings.